The van der Waals surface area contributed by atoms with Gasteiger partial charge in [-0.05, 0) is 37.0 Å². The van der Waals surface area contributed by atoms with Crippen molar-refractivity contribution in [3.05, 3.63) is 40.4 Å². The molecule has 2 aromatic rings. The van der Waals surface area contributed by atoms with Gasteiger partial charge in [-0.3, -0.25) is 9.59 Å². The van der Waals surface area contributed by atoms with Crippen molar-refractivity contribution in [3.8, 4) is 0 Å². The molecule has 0 radical (unpaired) electrons. The summed E-state index contributed by atoms with van der Waals surface area (Å²) < 4.78 is 5.40. The third-order valence-electron chi connectivity index (χ3n) is 5.12. The summed E-state index contributed by atoms with van der Waals surface area (Å²) in [6.07, 6.45) is 3.89. The molecule has 1 fully saturated rings. The topological polar surface area (TPSA) is 83.6 Å². The van der Waals surface area contributed by atoms with Crippen LogP contribution in [0, 0.1) is 0 Å². The molecule has 1 aromatic carbocycles. The summed E-state index contributed by atoms with van der Waals surface area (Å²) in [5.74, 6) is -0.487. The quantitative estimate of drug-likeness (QED) is 0.634. The van der Waals surface area contributed by atoms with Gasteiger partial charge in [-0.2, -0.15) is 0 Å². The number of benzene rings is 1. The normalized spacial score (nSPS) is 16.0. The Balaban J connectivity index is 1.75. The number of aryl methyl sites for hydroxylation is 1. The summed E-state index contributed by atoms with van der Waals surface area (Å²) in [7, 11) is 1.72. The van der Waals surface area contributed by atoms with E-state index in [0.717, 1.165) is 49.5 Å². The number of carbonyl (C=O) groups excluding carboxylic acids is 2. The fourth-order valence-corrected chi connectivity index (χ4v) is 4.30. The number of amides is 2. The largest absolute Gasteiger partial charge is 0.380 e. The number of rotatable bonds is 9. The third-order valence-corrected chi connectivity index (χ3v) is 6.03. The molecule has 1 aromatic heterocycles. The summed E-state index contributed by atoms with van der Waals surface area (Å²) >= 11 is 1.45. The second-order valence-corrected chi connectivity index (χ2v) is 8.28. The molecule has 0 saturated carbocycles. The predicted octanol–water partition coefficient (Wildman–Crippen LogP) is 3.71. The second-order valence-electron chi connectivity index (χ2n) is 7.45. The first kappa shape index (κ1) is 22.2. The number of nitrogens with one attached hydrogen (secondary N) is 2. The monoisotopic (exact) mass is 430 g/mol. The number of hydrogen-bond acceptors (Lipinski definition) is 6. The van der Waals surface area contributed by atoms with Gasteiger partial charge in [-0.25, -0.2) is 4.98 Å². The van der Waals surface area contributed by atoms with Gasteiger partial charge in [-0.1, -0.05) is 26.3 Å². The molecule has 0 aliphatic carbocycles. The maximum atomic E-state index is 12.8. The van der Waals surface area contributed by atoms with Crippen LogP contribution in [0.2, 0.25) is 0 Å². The Kier molecular flexibility index (Phi) is 7.81. The number of carbonyl (C=O) groups is 2. The van der Waals surface area contributed by atoms with E-state index in [1.807, 2.05) is 19.1 Å². The molecular weight excluding hydrogens is 400 g/mol. The van der Waals surface area contributed by atoms with E-state index in [-0.39, 0.29) is 17.9 Å². The highest BCUT2D eigenvalue weighted by Crippen LogP contribution is 2.26. The Morgan fingerprint density at radius 3 is 2.80 bits per heavy atom. The van der Waals surface area contributed by atoms with Crippen LogP contribution in [0.4, 0.5) is 10.8 Å². The lowest BCUT2D eigenvalue weighted by atomic mass is 10.0. The molecule has 1 aliphatic rings. The zero-order valence-corrected chi connectivity index (χ0v) is 18.7. The Labute approximate surface area is 181 Å². The Morgan fingerprint density at radius 2 is 2.10 bits per heavy atom. The molecule has 2 amide bonds. The van der Waals surface area contributed by atoms with Crippen LogP contribution in [-0.2, 0) is 11.2 Å². The minimum atomic E-state index is -0.312. The molecular formula is C22H30N4O3S. The van der Waals surface area contributed by atoms with Crippen molar-refractivity contribution in [3.63, 3.8) is 0 Å². The van der Waals surface area contributed by atoms with Gasteiger partial charge in [0.2, 0.25) is 0 Å². The second kappa shape index (κ2) is 10.5. The zero-order chi connectivity index (χ0) is 21.5. The fourth-order valence-electron chi connectivity index (χ4n) is 3.46. The lowest BCUT2D eigenvalue weighted by molar-refractivity contribution is 0.0954. The minimum absolute atomic E-state index is 0.174. The molecule has 7 nitrogen and oxygen atoms in total. The number of methoxy groups -OCH3 is 1. The van der Waals surface area contributed by atoms with Crippen molar-refractivity contribution in [1.29, 1.82) is 0 Å². The third kappa shape index (κ3) is 5.37. The summed E-state index contributed by atoms with van der Waals surface area (Å²) in [6, 6.07) is 5.63. The van der Waals surface area contributed by atoms with Crippen molar-refractivity contribution < 1.29 is 14.3 Å². The van der Waals surface area contributed by atoms with Gasteiger partial charge >= 0.3 is 0 Å². The summed E-state index contributed by atoms with van der Waals surface area (Å²) in [4.78, 5) is 32.1. The van der Waals surface area contributed by atoms with Crippen LogP contribution >= 0.6 is 11.3 Å². The number of hydrogen-bond donors (Lipinski definition) is 2. The van der Waals surface area contributed by atoms with Crippen LogP contribution in [0.5, 0.6) is 0 Å². The molecule has 3 rings (SSSR count). The van der Waals surface area contributed by atoms with E-state index in [4.69, 9.17) is 4.74 Å². The fraction of sp³-hybridized carbons (Fsp3) is 0.500. The summed E-state index contributed by atoms with van der Waals surface area (Å²) in [6.45, 7) is 6.35. The molecule has 8 heteroatoms. The summed E-state index contributed by atoms with van der Waals surface area (Å²) in [5, 5.41) is 8.35. The van der Waals surface area contributed by atoms with Crippen molar-refractivity contribution in [2.45, 2.75) is 45.6 Å². The van der Waals surface area contributed by atoms with Crippen molar-refractivity contribution in [2.75, 3.05) is 37.0 Å². The van der Waals surface area contributed by atoms with Crippen molar-refractivity contribution in [1.82, 2.24) is 10.3 Å². The first-order chi connectivity index (χ1) is 14.5. The van der Waals surface area contributed by atoms with Crippen LogP contribution in [0.25, 0.3) is 0 Å². The molecule has 0 bridgehead atoms. The highest BCUT2D eigenvalue weighted by atomic mass is 32.1. The van der Waals surface area contributed by atoms with Gasteiger partial charge in [0.1, 0.15) is 5.69 Å². The van der Waals surface area contributed by atoms with Crippen molar-refractivity contribution in [2.24, 2.45) is 0 Å². The molecule has 1 aliphatic heterocycles. The molecule has 1 saturated heterocycles. The van der Waals surface area contributed by atoms with Gasteiger partial charge in [0, 0.05) is 32.1 Å². The van der Waals surface area contributed by atoms with E-state index in [9.17, 15) is 9.59 Å². The maximum Gasteiger partial charge on any atom is 0.275 e. The number of aromatic nitrogens is 1. The van der Waals surface area contributed by atoms with Crippen LogP contribution in [0.15, 0.2) is 23.6 Å². The Bertz CT molecular complexity index is 883. The van der Waals surface area contributed by atoms with Crippen LogP contribution < -0.4 is 15.5 Å². The average Bonchev–Trinajstić information content (AvgIpc) is 3.42. The molecule has 2 N–H and O–H groups in total. The first-order valence-electron chi connectivity index (χ1n) is 10.5. The molecule has 0 unspecified atom stereocenters. The molecule has 30 heavy (non-hydrogen) atoms. The molecule has 162 valence electrons. The SMILES string of the molecule is CCCNC(=O)c1cc(CCC)ccc1NC(=O)c1csc(N2CC[C@H](OC)C2)n1. The Hall–Kier alpha value is -2.45. The van der Waals surface area contributed by atoms with E-state index in [2.05, 4.69) is 27.4 Å². The number of nitrogens with zero attached hydrogens (tertiary/aromatic N) is 2. The van der Waals surface area contributed by atoms with Gasteiger partial charge in [-0.15, -0.1) is 11.3 Å². The molecule has 0 spiro atoms. The highest BCUT2D eigenvalue weighted by molar-refractivity contribution is 7.14. The van der Waals surface area contributed by atoms with Crippen molar-refractivity contribution >= 4 is 34.0 Å². The van der Waals surface area contributed by atoms with E-state index in [1.54, 1.807) is 18.6 Å². The predicted molar refractivity (Wildman–Crippen MR) is 121 cm³/mol. The zero-order valence-electron chi connectivity index (χ0n) is 17.9. The maximum absolute atomic E-state index is 12.8. The first-order valence-corrected chi connectivity index (χ1v) is 11.4. The lowest BCUT2D eigenvalue weighted by Crippen LogP contribution is -2.26. The number of anilines is 2. The van der Waals surface area contributed by atoms with Gasteiger partial charge < -0.3 is 20.3 Å². The smallest absolute Gasteiger partial charge is 0.275 e. The van der Waals surface area contributed by atoms with E-state index in [0.29, 0.717) is 23.5 Å². The molecule has 1 atom stereocenters. The van der Waals surface area contributed by atoms with Gasteiger partial charge in [0.15, 0.2) is 5.13 Å². The average molecular weight is 431 g/mol. The molecule has 2 heterocycles. The number of ether oxygens (including phenoxy) is 1. The summed E-state index contributed by atoms with van der Waals surface area (Å²) in [5.41, 5.74) is 2.42. The minimum Gasteiger partial charge on any atom is -0.380 e. The van der Waals surface area contributed by atoms with Gasteiger partial charge in [0.25, 0.3) is 11.8 Å². The van der Waals surface area contributed by atoms with E-state index in [1.165, 1.54) is 11.3 Å². The lowest BCUT2D eigenvalue weighted by Gasteiger charge is -2.14. The van der Waals surface area contributed by atoms with Gasteiger partial charge in [0.05, 0.1) is 17.4 Å². The highest BCUT2D eigenvalue weighted by Gasteiger charge is 2.25. The van der Waals surface area contributed by atoms with E-state index < -0.39 is 0 Å². The van der Waals surface area contributed by atoms with Crippen LogP contribution in [0.1, 0.15) is 59.5 Å². The Morgan fingerprint density at radius 1 is 1.27 bits per heavy atom. The number of thiazole rings is 1. The van der Waals surface area contributed by atoms with Crippen LogP contribution in [0.3, 0.4) is 0 Å². The van der Waals surface area contributed by atoms with E-state index >= 15 is 0 Å². The standard InChI is InChI=1S/C22H30N4O3S/c1-4-6-15-7-8-18(17(12-15)20(27)23-10-5-2)24-21(28)19-14-30-22(25-19)26-11-9-16(13-26)29-3/h7-8,12,14,16H,4-6,9-11,13H2,1-3H3,(H,23,27)(H,24,28)/t16-/m0/s1. The van der Waals surface area contributed by atoms with Crippen LogP contribution in [-0.4, -0.2) is 49.6 Å².